The fraction of sp³-hybridized carbons (Fsp3) is 0.120. The van der Waals surface area contributed by atoms with Crippen molar-refractivity contribution in [2.45, 2.75) is 6.92 Å². The molecule has 2 amide bonds. The Balaban J connectivity index is 1.90. The number of halogens is 2. The minimum absolute atomic E-state index is 0.169. The number of rotatable bonds is 6. The Kier molecular flexibility index (Phi) is 5.97. The third-order valence-corrected chi connectivity index (χ3v) is 5.54. The molecule has 1 aliphatic heterocycles. The first-order valence-corrected chi connectivity index (χ1v) is 10.4. The fourth-order valence-electron chi connectivity index (χ4n) is 3.72. The molecule has 0 spiro atoms. The second kappa shape index (κ2) is 8.85. The van der Waals surface area contributed by atoms with E-state index in [-0.39, 0.29) is 22.0 Å². The topological polar surface area (TPSA) is 49.9 Å². The summed E-state index contributed by atoms with van der Waals surface area (Å²) in [5.41, 5.74) is 2.05. The van der Waals surface area contributed by atoms with Crippen molar-refractivity contribution < 1.29 is 18.7 Å². The van der Waals surface area contributed by atoms with Crippen molar-refractivity contribution >= 4 is 40.4 Å². The SMILES string of the molecule is CCN(C1=C(c2ccc(OC)cc2)C(=O)N(c2ccc(F)c(Cl)c2)C1=O)c1ccccc1. The first-order chi connectivity index (χ1) is 15.5. The van der Waals surface area contributed by atoms with Crippen LogP contribution in [0.5, 0.6) is 5.75 Å². The van der Waals surface area contributed by atoms with Gasteiger partial charge in [-0.15, -0.1) is 0 Å². The Morgan fingerprint density at radius 1 is 0.969 bits per heavy atom. The molecule has 5 nitrogen and oxygen atoms in total. The van der Waals surface area contributed by atoms with Crippen LogP contribution in [0.15, 0.2) is 78.5 Å². The van der Waals surface area contributed by atoms with E-state index in [2.05, 4.69) is 0 Å². The number of likely N-dealkylation sites (N-methyl/N-ethyl adjacent to an activating group) is 1. The van der Waals surface area contributed by atoms with Gasteiger partial charge in [0.1, 0.15) is 17.3 Å². The fourth-order valence-corrected chi connectivity index (χ4v) is 3.90. The van der Waals surface area contributed by atoms with Crippen LogP contribution in [0.25, 0.3) is 5.57 Å². The molecule has 7 heteroatoms. The number of anilines is 2. The molecular formula is C25H20ClFN2O3. The summed E-state index contributed by atoms with van der Waals surface area (Å²) in [6, 6.07) is 20.1. The summed E-state index contributed by atoms with van der Waals surface area (Å²) in [6.07, 6.45) is 0. The molecule has 3 aromatic rings. The van der Waals surface area contributed by atoms with Gasteiger partial charge in [-0.3, -0.25) is 9.59 Å². The van der Waals surface area contributed by atoms with E-state index in [1.165, 1.54) is 12.1 Å². The highest BCUT2D eigenvalue weighted by molar-refractivity contribution is 6.46. The predicted molar refractivity (Wildman–Crippen MR) is 123 cm³/mol. The zero-order valence-corrected chi connectivity index (χ0v) is 18.3. The summed E-state index contributed by atoms with van der Waals surface area (Å²) < 4.78 is 18.9. The lowest BCUT2D eigenvalue weighted by Gasteiger charge is -2.25. The normalized spacial score (nSPS) is 13.7. The van der Waals surface area contributed by atoms with Crippen LogP contribution >= 0.6 is 11.6 Å². The monoisotopic (exact) mass is 450 g/mol. The van der Waals surface area contributed by atoms with E-state index in [0.717, 1.165) is 16.7 Å². The van der Waals surface area contributed by atoms with Gasteiger partial charge in [-0.1, -0.05) is 41.9 Å². The second-order valence-electron chi connectivity index (χ2n) is 7.08. The van der Waals surface area contributed by atoms with Crippen molar-refractivity contribution in [1.29, 1.82) is 0 Å². The summed E-state index contributed by atoms with van der Waals surface area (Å²) >= 11 is 5.93. The number of carbonyl (C=O) groups excluding carboxylic acids is 2. The van der Waals surface area contributed by atoms with Gasteiger partial charge in [-0.25, -0.2) is 9.29 Å². The van der Waals surface area contributed by atoms with E-state index in [1.807, 2.05) is 37.3 Å². The summed E-state index contributed by atoms with van der Waals surface area (Å²) in [6.45, 7) is 2.36. The lowest BCUT2D eigenvalue weighted by atomic mass is 10.0. The van der Waals surface area contributed by atoms with Crippen LogP contribution in [-0.4, -0.2) is 25.5 Å². The molecule has 0 atom stereocenters. The molecule has 0 saturated heterocycles. The van der Waals surface area contributed by atoms with Crippen LogP contribution in [0.2, 0.25) is 5.02 Å². The summed E-state index contributed by atoms with van der Waals surface area (Å²) in [5.74, 6) is -1.01. The maximum atomic E-state index is 13.7. The van der Waals surface area contributed by atoms with Crippen LogP contribution in [-0.2, 0) is 9.59 Å². The maximum absolute atomic E-state index is 13.7. The van der Waals surface area contributed by atoms with E-state index in [9.17, 15) is 14.0 Å². The molecule has 3 aromatic carbocycles. The number of nitrogens with zero attached hydrogens (tertiary/aromatic N) is 2. The van der Waals surface area contributed by atoms with Crippen LogP contribution in [0, 0.1) is 5.82 Å². The van der Waals surface area contributed by atoms with Crippen LogP contribution in [0.4, 0.5) is 15.8 Å². The van der Waals surface area contributed by atoms with Gasteiger partial charge in [0.2, 0.25) is 0 Å². The zero-order valence-electron chi connectivity index (χ0n) is 17.5. The van der Waals surface area contributed by atoms with Gasteiger partial charge >= 0.3 is 0 Å². The van der Waals surface area contributed by atoms with Gasteiger partial charge in [0.15, 0.2) is 0 Å². The van der Waals surface area contributed by atoms with Gasteiger partial charge in [0.25, 0.3) is 11.8 Å². The average molecular weight is 451 g/mol. The summed E-state index contributed by atoms with van der Waals surface area (Å²) in [5, 5.41) is -0.169. The van der Waals surface area contributed by atoms with E-state index in [0.29, 0.717) is 17.9 Å². The minimum Gasteiger partial charge on any atom is -0.497 e. The van der Waals surface area contributed by atoms with Crippen LogP contribution in [0.3, 0.4) is 0 Å². The molecule has 1 aliphatic rings. The minimum atomic E-state index is -0.627. The van der Waals surface area contributed by atoms with Crippen molar-refractivity contribution in [2.75, 3.05) is 23.5 Å². The first-order valence-electron chi connectivity index (χ1n) is 10.0. The molecule has 162 valence electrons. The quantitative estimate of drug-likeness (QED) is 0.478. The lowest BCUT2D eigenvalue weighted by molar-refractivity contribution is -0.120. The molecule has 4 rings (SSSR count). The maximum Gasteiger partial charge on any atom is 0.282 e. The molecular weight excluding hydrogens is 431 g/mol. The third-order valence-electron chi connectivity index (χ3n) is 5.25. The van der Waals surface area contributed by atoms with Gasteiger partial charge in [0.05, 0.1) is 23.4 Å². The number of hydrogen-bond donors (Lipinski definition) is 0. The number of imide groups is 1. The standard InChI is InChI=1S/C25H20ClFN2O3/c1-3-28(17-7-5-4-6-8-17)23-22(16-9-12-19(32-2)13-10-16)24(30)29(25(23)31)18-11-14-21(27)20(26)15-18/h4-15H,3H2,1-2H3. The van der Waals surface area contributed by atoms with Crippen molar-refractivity contribution in [3.8, 4) is 5.75 Å². The number of ether oxygens (including phenoxy) is 1. The highest BCUT2D eigenvalue weighted by Gasteiger charge is 2.42. The Hall–Kier alpha value is -3.64. The number of carbonyl (C=O) groups is 2. The summed E-state index contributed by atoms with van der Waals surface area (Å²) in [4.78, 5) is 30.0. The van der Waals surface area contributed by atoms with E-state index < -0.39 is 17.6 Å². The molecule has 0 radical (unpaired) electrons. The van der Waals surface area contributed by atoms with Gasteiger partial charge in [-0.2, -0.15) is 0 Å². The Labute approximate surface area is 190 Å². The smallest absolute Gasteiger partial charge is 0.282 e. The molecule has 0 bridgehead atoms. The third kappa shape index (κ3) is 3.74. The van der Waals surface area contributed by atoms with Crippen LogP contribution < -0.4 is 14.5 Å². The molecule has 1 heterocycles. The molecule has 0 aliphatic carbocycles. The lowest BCUT2D eigenvalue weighted by Crippen LogP contribution is -2.35. The molecule has 0 fully saturated rings. The van der Waals surface area contributed by atoms with Gasteiger partial charge < -0.3 is 9.64 Å². The van der Waals surface area contributed by atoms with E-state index in [1.54, 1.807) is 36.3 Å². The van der Waals surface area contributed by atoms with Crippen molar-refractivity contribution in [2.24, 2.45) is 0 Å². The molecule has 32 heavy (non-hydrogen) atoms. The van der Waals surface area contributed by atoms with Crippen molar-refractivity contribution in [1.82, 2.24) is 0 Å². The van der Waals surface area contributed by atoms with E-state index in [4.69, 9.17) is 16.3 Å². The summed E-state index contributed by atoms with van der Waals surface area (Å²) in [7, 11) is 1.55. The Morgan fingerprint density at radius 2 is 1.66 bits per heavy atom. The number of para-hydroxylation sites is 1. The highest BCUT2D eigenvalue weighted by atomic mass is 35.5. The second-order valence-corrected chi connectivity index (χ2v) is 7.48. The zero-order chi connectivity index (χ0) is 22.8. The molecule has 0 N–H and O–H groups in total. The van der Waals surface area contributed by atoms with Crippen molar-refractivity contribution in [3.05, 3.63) is 94.9 Å². The number of hydrogen-bond acceptors (Lipinski definition) is 4. The van der Waals surface area contributed by atoms with Crippen molar-refractivity contribution in [3.63, 3.8) is 0 Å². The van der Waals surface area contributed by atoms with E-state index >= 15 is 0 Å². The predicted octanol–water partition coefficient (Wildman–Crippen LogP) is 5.30. The Bertz CT molecular complexity index is 1210. The highest BCUT2D eigenvalue weighted by Crippen LogP contribution is 2.37. The number of benzene rings is 3. The van der Waals surface area contributed by atoms with Gasteiger partial charge in [0, 0.05) is 12.2 Å². The van der Waals surface area contributed by atoms with Crippen LogP contribution in [0.1, 0.15) is 12.5 Å². The largest absolute Gasteiger partial charge is 0.497 e. The Morgan fingerprint density at radius 3 is 2.25 bits per heavy atom. The molecule has 0 aromatic heterocycles. The molecule has 0 saturated carbocycles. The number of amides is 2. The average Bonchev–Trinajstić information content (AvgIpc) is 3.07. The van der Waals surface area contributed by atoms with Gasteiger partial charge in [-0.05, 0) is 55.0 Å². The number of methoxy groups -OCH3 is 1. The molecule has 0 unspecified atom stereocenters. The first kappa shape index (κ1) is 21.6.